The predicted octanol–water partition coefficient (Wildman–Crippen LogP) is 9.61. The minimum Gasteiger partial charge on any atom is -0.460 e. The first kappa shape index (κ1) is 39.5. The van der Waals surface area contributed by atoms with Crippen molar-refractivity contribution in [1.29, 1.82) is 0 Å². The number of fused-ring (bicyclic) bond motifs is 2. The SMILES string of the molecule is C=CCO[C@@]12Oc3ccc(Oc4cccc([N+](=O)[O-])c4)cc3[C@H]3[C@H](CCCCO)[C@@H](CCCCO)C=C(C(=NOC(C)(C)C)C[C@@H]1Sc1ccccc1)[C@H]32. The summed E-state index contributed by atoms with van der Waals surface area (Å²) in [6.07, 6.45) is 9.46. The maximum absolute atomic E-state index is 11.6. The van der Waals surface area contributed by atoms with Crippen LogP contribution in [0.5, 0.6) is 17.2 Å². The molecule has 0 amide bonds. The van der Waals surface area contributed by atoms with E-state index in [-0.39, 0.29) is 54.4 Å². The monoisotopic (exact) mass is 756 g/mol. The van der Waals surface area contributed by atoms with E-state index in [9.17, 15) is 20.3 Å². The van der Waals surface area contributed by atoms with E-state index in [4.69, 9.17) is 24.2 Å². The number of non-ortho nitro benzene ring substituents is 1. The Kier molecular flexibility index (Phi) is 12.8. The molecule has 1 heterocycles. The van der Waals surface area contributed by atoms with E-state index in [0.717, 1.165) is 47.4 Å². The average Bonchev–Trinajstić information content (AvgIpc) is 3.15. The van der Waals surface area contributed by atoms with Crippen molar-refractivity contribution in [2.45, 2.75) is 93.2 Å². The molecule has 6 atom stereocenters. The standard InChI is InChI=1S/C43H52N2O8S/c1-5-24-50-43-39(54-33-17-7-6-8-18-33)28-37(44-53-42(2,3)4)35-25-29(14-9-11-22-46)34(19-10-12-23-47)40(41(35)43)36-27-32(20-21-38(36)52-43)51-31-16-13-15-30(26-31)45(48)49/h5-8,13,15-18,20-21,25-27,29,34,39-41,46-47H,1,9-12,14,19,22-24,28H2,2-4H3/t29-,34+,39-,40+,41+,43+/m0/s1. The zero-order valence-corrected chi connectivity index (χ0v) is 32.2. The maximum atomic E-state index is 11.6. The summed E-state index contributed by atoms with van der Waals surface area (Å²) in [7, 11) is 0. The lowest BCUT2D eigenvalue weighted by atomic mass is 9.56. The molecule has 10 nitrogen and oxygen atoms in total. The normalized spacial score (nSPS) is 25.2. The van der Waals surface area contributed by atoms with Gasteiger partial charge in [0.1, 0.15) is 22.8 Å². The Morgan fingerprint density at radius 3 is 2.44 bits per heavy atom. The van der Waals surface area contributed by atoms with Gasteiger partial charge in [0.2, 0.25) is 5.79 Å². The minimum atomic E-state index is -1.12. The molecule has 2 aliphatic carbocycles. The van der Waals surface area contributed by atoms with Gasteiger partial charge < -0.3 is 29.3 Å². The molecule has 3 aliphatic rings. The summed E-state index contributed by atoms with van der Waals surface area (Å²) >= 11 is 1.71. The first-order valence-corrected chi connectivity index (χ1v) is 19.9. The van der Waals surface area contributed by atoms with Gasteiger partial charge in [0.25, 0.3) is 5.69 Å². The Morgan fingerprint density at radius 2 is 1.74 bits per heavy atom. The van der Waals surface area contributed by atoms with Crippen molar-refractivity contribution in [3.05, 3.63) is 113 Å². The summed E-state index contributed by atoms with van der Waals surface area (Å²) in [5.41, 5.74) is 2.31. The number of rotatable bonds is 17. The van der Waals surface area contributed by atoms with Crippen LogP contribution in [0, 0.1) is 27.9 Å². The minimum absolute atomic E-state index is 0.0527. The largest absolute Gasteiger partial charge is 0.460 e. The van der Waals surface area contributed by atoms with Gasteiger partial charge in [-0.3, -0.25) is 10.1 Å². The summed E-state index contributed by atoms with van der Waals surface area (Å²) in [6, 6.07) is 22.2. The van der Waals surface area contributed by atoms with Crippen molar-refractivity contribution >= 4 is 23.2 Å². The number of nitrogens with zero attached hydrogens (tertiary/aromatic N) is 2. The van der Waals surface area contributed by atoms with E-state index in [1.807, 2.05) is 57.2 Å². The second kappa shape index (κ2) is 17.5. The van der Waals surface area contributed by atoms with Crippen LogP contribution in [0.25, 0.3) is 0 Å². The number of thioether (sulfide) groups is 1. The van der Waals surface area contributed by atoms with Gasteiger partial charge in [-0.15, -0.1) is 18.3 Å². The molecule has 1 aliphatic heterocycles. The topological polar surface area (TPSA) is 133 Å². The first-order valence-electron chi connectivity index (χ1n) is 19.0. The molecule has 0 bridgehead atoms. The van der Waals surface area contributed by atoms with Crippen LogP contribution in [-0.2, 0) is 9.57 Å². The number of allylic oxidation sites excluding steroid dienone is 1. The fraction of sp³-hybridized carbons (Fsp3) is 0.465. The average molecular weight is 757 g/mol. The van der Waals surface area contributed by atoms with Crippen LogP contribution in [0.3, 0.4) is 0 Å². The van der Waals surface area contributed by atoms with Gasteiger partial charge in [-0.05, 0) is 100 Å². The van der Waals surface area contributed by atoms with E-state index < -0.39 is 16.3 Å². The first-order chi connectivity index (χ1) is 26.1. The van der Waals surface area contributed by atoms with Crippen molar-refractivity contribution in [2.75, 3.05) is 19.8 Å². The Balaban J connectivity index is 1.56. The van der Waals surface area contributed by atoms with E-state index in [1.54, 1.807) is 30.0 Å². The number of aliphatic hydroxyl groups excluding tert-OH is 2. The molecule has 54 heavy (non-hydrogen) atoms. The number of aliphatic hydroxyl groups is 2. The molecule has 288 valence electrons. The van der Waals surface area contributed by atoms with Crippen LogP contribution >= 0.6 is 11.8 Å². The third-order valence-corrected chi connectivity index (χ3v) is 11.7. The summed E-state index contributed by atoms with van der Waals surface area (Å²) < 4.78 is 20.6. The van der Waals surface area contributed by atoms with E-state index >= 15 is 0 Å². The lowest BCUT2D eigenvalue weighted by Gasteiger charge is -2.58. The Morgan fingerprint density at radius 1 is 1.00 bits per heavy atom. The number of oxime groups is 1. The number of unbranched alkanes of at least 4 members (excludes halogenated alkanes) is 2. The highest BCUT2D eigenvalue weighted by Crippen LogP contribution is 2.63. The van der Waals surface area contributed by atoms with Gasteiger partial charge in [-0.2, -0.15) is 0 Å². The number of hydrogen-bond acceptors (Lipinski definition) is 10. The Labute approximate surface area is 322 Å². The van der Waals surface area contributed by atoms with Crippen LogP contribution in [0.4, 0.5) is 5.69 Å². The Hall–Kier alpha value is -4.16. The lowest BCUT2D eigenvalue weighted by molar-refractivity contribution is -0.384. The third kappa shape index (κ3) is 8.86. The molecule has 11 heteroatoms. The molecule has 0 radical (unpaired) electrons. The molecule has 0 aromatic heterocycles. The highest BCUT2D eigenvalue weighted by Gasteiger charge is 2.64. The third-order valence-electron chi connectivity index (χ3n) is 10.3. The zero-order valence-electron chi connectivity index (χ0n) is 31.4. The number of benzene rings is 3. The van der Waals surface area contributed by atoms with Crippen molar-refractivity contribution in [2.24, 2.45) is 22.9 Å². The predicted molar refractivity (Wildman–Crippen MR) is 211 cm³/mol. The molecule has 0 unspecified atom stereocenters. The molecule has 0 saturated heterocycles. The van der Waals surface area contributed by atoms with E-state index in [0.29, 0.717) is 36.5 Å². The zero-order chi connectivity index (χ0) is 38.3. The molecule has 6 rings (SSSR count). The summed E-state index contributed by atoms with van der Waals surface area (Å²) in [5, 5.41) is 35.9. The smallest absolute Gasteiger partial charge is 0.273 e. The molecule has 3 aromatic rings. The number of hydrogen-bond donors (Lipinski definition) is 2. The maximum Gasteiger partial charge on any atom is 0.273 e. The van der Waals surface area contributed by atoms with Gasteiger partial charge in [0, 0.05) is 42.1 Å². The van der Waals surface area contributed by atoms with Crippen LogP contribution in [0.15, 0.2) is 107 Å². The fourth-order valence-corrected chi connectivity index (χ4v) is 9.45. The molecule has 0 spiro atoms. The van der Waals surface area contributed by atoms with Crippen LogP contribution in [0.2, 0.25) is 0 Å². The molecule has 1 fully saturated rings. The van der Waals surface area contributed by atoms with E-state index in [1.165, 1.54) is 12.1 Å². The van der Waals surface area contributed by atoms with Gasteiger partial charge in [-0.1, -0.05) is 54.4 Å². The number of nitro groups is 1. The summed E-state index contributed by atoms with van der Waals surface area (Å²) in [4.78, 5) is 18.4. The van der Waals surface area contributed by atoms with Gasteiger partial charge in [0.15, 0.2) is 0 Å². The van der Waals surface area contributed by atoms with Gasteiger partial charge in [-0.25, -0.2) is 0 Å². The number of nitro benzene ring substituents is 1. The second-order valence-corrected chi connectivity index (χ2v) is 16.5. The molecule has 3 aromatic carbocycles. The van der Waals surface area contributed by atoms with Crippen LogP contribution in [0.1, 0.15) is 77.2 Å². The van der Waals surface area contributed by atoms with Crippen molar-refractivity contribution in [1.82, 2.24) is 0 Å². The molecule has 1 saturated carbocycles. The Bertz CT molecular complexity index is 1830. The summed E-state index contributed by atoms with van der Waals surface area (Å²) in [5.74, 6) is 0.306. The van der Waals surface area contributed by atoms with Gasteiger partial charge in [0.05, 0.1) is 34.5 Å². The van der Waals surface area contributed by atoms with Crippen LogP contribution < -0.4 is 9.47 Å². The van der Waals surface area contributed by atoms with E-state index in [2.05, 4.69) is 24.8 Å². The highest BCUT2D eigenvalue weighted by atomic mass is 32.2. The van der Waals surface area contributed by atoms with Crippen molar-refractivity contribution < 1.29 is 34.2 Å². The van der Waals surface area contributed by atoms with Crippen molar-refractivity contribution in [3.63, 3.8) is 0 Å². The second-order valence-electron chi connectivity index (χ2n) is 15.2. The number of ether oxygens (including phenoxy) is 3. The fourth-order valence-electron chi connectivity index (χ4n) is 8.14. The summed E-state index contributed by atoms with van der Waals surface area (Å²) in [6.45, 7) is 10.5. The molecule has 2 N–H and O–H groups in total. The highest BCUT2D eigenvalue weighted by molar-refractivity contribution is 8.00. The quantitative estimate of drug-likeness (QED) is 0.0598. The molecular formula is C43H52N2O8S. The molecular weight excluding hydrogens is 705 g/mol. The van der Waals surface area contributed by atoms with Crippen LogP contribution in [-0.4, -0.2) is 57.3 Å². The van der Waals surface area contributed by atoms with Gasteiger partial charge >= 0.3 is 0 Å². The van der Waals surface area contributed by atoms with Crippen molar-refractivity contribution in [3.8, 4) is 17.2 Å². The lowest BCUT2D eigenvalue weighted by Crippen LogP contribution is -2.64.